The van der Waals surface area contributed by atoms with Crippen molar-refractivity contribution >= 4 is 0 Å². The minimum atomic E-state index is -0.0365. The Kier molecular flexibility index (Phi) is 5.73. The molecule has 0 aromatic carbocycles. The fourth-order valence-electron chi connectivity index (χ4n) is 4.56. The van der Waals surface area contributed by atoms with Gasteiger partial charge in [0.1, 0.15) is 13.1 Å². The summed E-state index contributed by atoms with van der Waals surface area (Å²) >= 11 is 0. The van der Waals surface area contributed by atoms with Crippen molar-refractivity contribution in [2.45, 2.75) is 78.8 Å². The highest BCUT2D eigenvalue weighted by Crippen LogP contribution is 2.48. The first kappa shape index (κ1) is 20.7. The second-order valence-corrected chi connectivity index (χ2v) is 9.21. The highest BCUT2D eigenvalue weighted by molar-refractivity contribution is 5.79. The van der Waals surface area contributed by atoms with Crippen LogP contribution in [-0.4, -0.2) is 4.98 Å². The van der Waals surface area contributed by atoms with E-state index in [4.69, 9.17) is 4.98 Å². The number of rotatable bonds is 7. The molecule has 3 heteroatoms. The Labute approximate surface area is 181 Å². The van der Waals surface area contributed by atoms with Gasteiger partial charge in [-0.2, -0.15) is 0 Å². The molecule has 0 unspecified atom stereocenters. The molecule has 0 fully saturated rings. The van der Waals surface area contributed by atoms with E-state index < -0.39 is 0 Å². The molecule has 3 aromatic rings. The SMILES string of the molecule is CCCC[n+]1ccc(-c2cnc3c(c2)C(C)(C)c2c[n+](CCCC)c(C)cc2-3)cc1. The Hall–Kier alpha value is -2.55. The largest absolute Gasteiger partial charge is 0.255 e. The van der Waals surface area contributed by atoms with E-state index in [1.165, 1.54) is 59.2 Å². The van der Waals surface area contributed by atoms with Crippen LogP contribution in [0.15, 0.2) is 49.1 Å². The lowest BCUT2D eigenvalue weighted by Gasteiger charge is -2.20. The molecular formula is C27H35N3+2. The number of nitrogens with zero attached hydrogens (tertiary/aromatic N) is 3. The van der Waals surface area contributed by atoms with Crippen LogP contribution < -0.4 is 9.13 Å². The van der Waals surface area contributed by atoms with Gasteiger partial charge in [0.05, 0.1) is 5.69 Å². The van der Waals surface area contributed by atoms with E-state index >= 15 is 0 Å². The Morgan fingerprint density at radius 1 is 0.900 bits per heavy atom. The average Bonchev–Trinajstić information content (AvgIpc) is 2.97. The number of aromatic nitrogens is 3. The van der Waals surface area contributed by atoms with Gasteiger partial charge in [0.2, 0.25) is 0 Å². The number of fused-ring (bicyclic) bond motifs is 3. The van der Waals surface area contributed by atoms with Crippen molar-refractivity contribution in [2.24, 2.45) is 0 Å². The molecule has 1 aliphatic rings. The molecule has 0 aliphatic heterocycles. The number of pyridine rings is 3. The van der Waals surface area contributed by atoms with E-state index in [0.717, 1.165) is 18.8 Å². The molecule has 3 aromatic heterocycles. The Morgan fingerprint density at radius 3 is 2.30 bits per heavy atom. The smallest absolute Gasteiger partial charge is 0.178 e. The fourth-order valence-corrected chi connectivity index (χ4v) is 4.56. The second-order valence-electron chi connectivity index (χ2n) is 9.21. The van der Waals surface area contributed by atoms with Gasteiger partial charge in [0, 0.05) is 66.3 Å². The van der Waals surface area contributed by atoms with Crippen LogP contribution in [0.1, 0.15) is 70.2 Å². The van der Waals surface area contributed by atoms with Gasteiger partial charge in [-0.25, -0.2) is 9.13 Å². The topological polar surface area (TPSA) is 20.6 Å². The summed E-state index contributed by atoms with van der Waals surface area (Å²) in [5.74, 6) is 0. The summed E-state index contributed by atoms with van der Waals surface area (Å²) in [6.45, 7) is 13.6. The lowest BCUT2D eigenvalue weighted by Crippen LogP contribution is -2.38. The predicted molar refractivity (Wildman–Crippen MR) is 122 cm³/mol. The quantitative estimate of drug-likeness (QED) is 0.476. The summed E-state index contributed by atoms with van der Waals surface area (Å²) in [6, 6.07) is 9.14. The Morgan fingerprint density at radius 2 is 1.60 bits per heavy atom. The minimum absolute atomic E-state index is 0.0365. The normalized spacial score (nSPS) is 13.9. The fraction of sp³-hybridized carbons (Fsp3) is 0.444. The minimum Gasteiger partial charge on any atom is -0.255 e. The Bertz CT molecular complexity index is 1050. The molecule has 0 saturated heterocycles. The first-order valence-electron chi connectivity index (χ1n) is 11.5. The van der Waals surface area contributed by atoms with Gasteiger partial charge >= 0.3 is 0 Å². The van der Waals surface area contributed by atoms with Gasteiger partial charge in [-0.1, -0.05) is 40.5 Å². The van der Waals surface area contributed by atoms with Crippen LogP contribution in [0.5, 0.6) is 0 Å². The van der Waals surface area contributed by atoms with Crippen LogP contribution in [0.4, 0.5) is 0 Å². The van der Waals surface area contributed by atoms with E-state index in [2.05, 4.69) is 86.6 Å². The molecule has 0 atom stereocenters. The molecular weight excluding hydrogens is 366 g/mol. The number of unbranched alkanes of at least 4 members (excludes halogenated alkanes) is 2. The second kappa shape index (κ2) is 8.29. The zero-order chi connectivity index (χ0) is 21.3. The lowest BCUT2D eigenvalue weighted by molar-refractivity contribution is -0.703. The third-order valence-corrected chi connectivity index (χ3v) is 6.62. The van der Waals surface area contributed by atoms with E-state index in [-0.39, 0.29) is 5.41 Å². The number of hydrogen-bond acceptors (Lipinski definition) is 1. The summed E-state index contributed by atoms with van der Waals surface area (Å²) < 4.78 is 4.69. The van der Waals surface area contributed by atoms with E-state index in [0.29, 0.717) is 0 Å². The molecule has 0 bridgehead atoms. The monoisotopic (exact) mass is 401 g/mol. The third kappa shape index (κ3) is 3.66. The predicted octanol–water partition coefficient (Wildman–Crippen LogP) is 5.54. The average molecular weight is 402 g/mol. The van der Waals surface area contributed by atoms with Crippen LogP contribution in [-0.2, 0) is 18.5 Å². The van der Waals surface area contributed by atoms with Crippen LogP contribution in [0.2, 0.25) is 0 Å². The summed E-state index contributed by atoms with van der Waals surface area (Å²) in [4.78, 5) is 4.96. The maximum atomic E-state index is 4.96. The number of hydrogen-bond donors (Lipinski definition) is 0. The lowest BCUT2D eigenvalue weighted by atomic mass is 9.82. The molecule has 0 radical (unpaired) electrons. The summed E-state index contributed by atoms with van der Waals surface area (Å²) in [6.07, 6.45) is 13.7. The molecule has 30 heavy (non-hydrogen) atoms. The van der Waals surface area contributed by atoms with Crippen molar-refractivity contribution in [2.75, 3.05) is 0 Å². The standard InChI is InChI=1S/C27H35N3/c1-6-8-12-29-14-10-21(11-15-29)22-17-24-26(28-18-22)23-16-20(3)30(13-9-7-2)19-25(23)27(24,4)5/h10-11,14-19H,6-9,12-13H2,1-5H3/q+2. The zero-order valence-electron chi connectivity index (χ0n) is 19.2. The molecule has 0 saturated carbocycles. The molecule has 156 valence electrons. The van der Waals surface area contributed by atoms with E-state index in [1.807, 2.05) is 6.20 Å². The van der Waals surface area contributed by atoms with Crippen molar-refractivity contribution in [1.29, 1.82) is 0 Å². The molecule has 3 heterocycles. The molecule has 1 aliphatic carbocycles. The third-order valence-electron chi connectivity index (χ3n) is 6.62. The van der Waals surface area contributed by atoms with Gasteiger partial charge in [-0.15, -0.1) is 0 Å². The molecule has 0 N–H and O–H groups in total. The van der Waals surface area contributed by atoms with Crippen LogP contribution >= 0.6 is 0 Å². The molecule has 3 nitrogen and oxygen atoms in total. The van der Waals surface area contributed by atoms with Crippen molar-refractivity contribution in [3.8, 4) is 22.4 Å². The van der Waals surface area contributed by atoms with Crippen molar-refractivity contribution < 1.29 is 9.13 Å². The van der Waals surface area contributed by atoms with Gasteiger partial charge in [-0.05, 0) is 17.2 Å². The van der Waals surface area contributed by atoms with E-state index in [9.17, 15) is 0 Å². The van der Waals surface area contributed by atoms with Crippen LogP contribution in [0, 0.1) is 6.92 Å². The Balaban J connectivity index is 1.70. The van der Waals surface area contributed by atoms with Gasteiger partial charge in [0.15, 0.2) is 24.3 Å². The maximum absolute atomic E-state index is 4.96. The molecule has 4 rings (SSSR count). The molecule has 0 spiro atoms. The highest BCUT2D eigenvalue weighted by atomic mass is 15.0. The first-order valence-corrected chi connectivity index (χ1v) is 11.5. The zero-order valence-corrected chi connectivity index (χ0v) is 19.2. The summed E-state index contributed by atoms with van der Waals surface area (Å²) in [7, 11) is 0. The van der Waals surface area contributed by atoms with Gasteiger partial charge in [-0.3, -0.25) is 4.98 Å². The maximum Gasteiger partial charge on any atom is 0.178 e. The van der Waals surface area contributed by atoms with Gasteiger partial charge < -0.3 is 0 Å². The van der Waals surface area contributed by atoms with Gasteiger partial charge in [0.25, 0.3) is 0 Å². The van der Waals surface area contributed by atoms with Crippen LogP contribution in [0.25, 0.3) is 22.4 Å². The first-order chi connectivity index (χ1) is 14.5. The van der Waals surface area contributed by atoms with Crippen molar-refractivity contribution in [3.63, 3.8) is 0 Å². The molecule has 0 amide bonds. The summed E-state index contributed by atoms with van der Waals surface area (Å²) in [5, 5.41) is 0. The highest BCUT2D eigenvalue weighted by Gasteiger charge is 2.39. The van der Waals surface area contributed by atoms with Crippen molar-refractivity contribution in [1.82, 2.24) is 4.98 Å². The summed E-state index contributed by atoms with van der Waals surface area (Å²) in [5.41, 5.74) is 8.91. The van der Waals surface area contributed by atoms with E-state index in [1.54, 1.807) is 0 Å². The van der Waals surface area contributed by atoms with Crippen LogP contribution in [0.3, 0.4) is 0 Å². The number of aryl methyl sites for hydroxylation is 3. The van der Waals surface area contributed by atoms with Crippen molar-refractivity contribution in [3.05, 3.63) is 65.9 Å².